The van der Waals surface area contributed by atoms with Gasteiger partial charge in [-0.25, -0.2) is 14.4 Å². The average molecular weight is 810 g/mol. The lowest BCUT2D eigenvalue weighted by atomic mass is 9.79. The number of nitro groups is 2. The van der Waals surface area contributed by atoms with E-state index in [0.29, 0.717) is 29.1 Å². The molecular weight excluding hydrogens is 770 g/mol. The third-order valence-corrected chi connectivity index (χ3v) is 11.9. The van der Waals surface area contributed by atoms with E-state index in [9.17, 15) is 54.4 Å². The fraction of sp³-hybridized carbons (Fsp3) is 0.444. The van der Waals surface area contributed by atoms with Gasteiger partial charge in [-0.1, -0.05) is 6.92 Å². The zero-order valence-electron chi connectivity index (χ0n) is 30.7. The topological polar surface area (TPSA) is 256 Å². The Bertz CT molecular complexity index is 2000. The Balaban J connectivity index is 1.10. The summed E-state index contributed by atoms with van der Waals surface area (Å²) in [6.45, 7) is 3.93. The number of ether oxygens (including phenoxy) is 2. The van der Waals surface area contributed by atoms with Gasteiger partial charge in [0, 0.05) is 73.1 Å². The highest BCUT2D eigenvalue weighted by atomic mass is 32.2. The largest absolute Gasteiger partial charge is 0.477 e. The molecule has 2 aromatic carbocycles. The first-order chi connectivity index (χ1) is 27.1. The molecule has 0 radical (unpaired) electrons. The first kappa shape index (κ1) is 40.6. The third kappa shape index (κ3) is 8.68. The molecule has 2 aromatic rings. The molecule has 4 aliphatic heterocycles. The van der Waals surface area contributed by atoms with Crippen molar-refractivity contribution in [1.82, 2.24) is 19.6 Å². The first-order valence-corrected chi connectivity index (χ1v) is 18.8. The number of benzene rings is 2. The Kier molecular flexibility index (Phi) is 12.1. The second kappa shape index (κ2) is 17.0. The number of aliphatic hydroxyl groups excluding tert-OH is 1. The van der Waals surface area contributed by atoms with E-state index in [-0.39, 0.29) is 62.2 Å². The predicted octanol–water partition coefficient (Wildman–Crippen LogP) is 2.98. The number of carbonyl (C=O) groups is 5. The van der Waals surface area contributed by atoms with Crippen molar-refractivity contribution in [2.45, 2.75) is 56.9 Å². The smallest absolute Gasteiger partial charge is 0.435 e. The van der Waals surface area contributed by atoms with Gasteiger partial charge in [0.2, 0.25) is 11.8 Å². The fourth-order valence-corrected chi connectivity index (χ4v) is 8.94. The van der Waals surface area contributed by atoms with Crippen molar-refractivity contribution in [3.63, 3.8) is 0 Å². The molecule has 2 unspecified atom stereocenters. The third-order valence-electron chi connectivity index (χ3n) is 10.4. The summed E-state index contributed by atoms with van der Waals surface area (Å²) in [5.41, 5.74) is 0.613. The van der Waals surface area contributed by atoms with E-state index < -0.39 is 69.2 Å². The van der Waals surface area contributed by atoms with E-state index in [1.54, 1.807) is 16.7 Å². The van der Waals surface area contributed by atoms with Crippen LogP contribution in [0.4, 0.5) is 21.0 Å². The molecule has 0 saturated carbocycles. The maximum Gasteiger partial charge on any atom is 0.435 e. The Labute approximate surface area is 329 Å². The number of hydrogen-bond acceptors (Lipinski definition) is 13. The number of β-lactam (4-membered cyclic amide) rings is 1. The summed E-state index contributed by atoms with van der Waals surface area (Å²) in [5.74, 6) is -3.33. The van der Waals surface area contributed by atoms with Crippen LogP contribution in [0.3, 0.4) is 0 Å². The average Bonchev–Trinajstić information content (AvgIpc) is 3.72. The number of carbonyl (C=O) groups excluding carboxylic acids is 4. The molecule has 0 bridgehead atoms. The Morgan fingerprint density at radius 3 is 2.04 bits per heavy atom. The van der Waals surface area contributed by atoms with E-state index in [1.807, 2.05) is 0 Å². The number of rotatable bonds is 12. The van der Waals surface area contributed by atoms with Gasteiger partial charge in [0.05, 0.1) is 34.2 Å². The van der Waals surface area contributed by atoms with Crippen molar-refractivity contribution < 1.29 is 53.5 Å². The number of hydrogen-bond donors (Lipinski definition) is 2. The zero-order chi connectivity index (χ0) is 41.1. The van der Waals surface area contributed by atoms with Gasteiger partial charge < -0.3 is 34.4 Å². The minimum Gasteiger partial charge on any atom is -0.477 e. The van der Waals surface area contributed by atoms with Gasteiger partial charge in [0.15, 0.2) is 0 Å². The second-order valence-electron chi connectivity index (χ2n) is 14.0. The van der Waals surface area contributed by atoms with E-state index in [0.717, 1.165) is 0 Å². The maximum atomic E-state index is 14.1. The predicted molar refractivity (Wildman–Crippen MR) is 199 cm³/mol. The van der Waals surface area contributed by atoms with Crippen LogP contribution in [0.15, 0.2) is 64.1 Å². The molecule has 0 aromatic heterocycles. The number of aliphatic hydroxyl groups is 1. The van der Waals surface area contributed by atoms with Crippen molar-refractivity contribution >= 4 is 59.4 Å². The Morgan fingerprint density at radius 1 is 0.947 bits per heavy atom. The number of fused-ring (bicyclic) bond motifs is 1. The van der Waals surface area contributed by atoms with Crippen LogP contribution in [0, 0.1) is 32.1 Å². The van der Waals surface area contributed by atoms with Crippen LogP contribution in [0.1, 0.15) is 31.4 Å². The van der Waals surface area contributed by atoms with Crippen molar-refractivity contribution in [2.24, 2.45) is 16.8 Å². The summed E-state index contributed by atoms with van der Waals surface area (Å²) < 4.78 is 10.7. The summed E-state index contributed by atoms with van der Waals surface area (Å²) in [6, 6.07) is 9.45. The normalized spacial score (nSPS) is 23.6. The highest BCUT2D eigenvalue weighted by Crippen LogP contribution is 2.52. The summed E-state index contributed by atoms with van der Waals surface area (Å²) in [7, 11) is 0. The molecule has 2 N–H and O–H groups in total. The molecule has 4 heterocycles. The lowest BCUT2D eigenvalue weighted by Gasteiger charge is -2.46. The van der Waals surface area contributed by atoms with Crippen LogP contribution in [0.5, 0.6) is 0 Å². The van der Waals surface area contributed by atoms with Crippen molar-refractivity contribution in [1.29, 1.82) is 0 Å². The zero-order valence-corrected chi connectivity index (χ0v) is 31.6. The van der Waals surface area contributed by atoms with Crippen LogP contribution in [-0.4, -0.2) is 132 Å². The number of carboxylic acid groups (broad SMARTS) is 1. The molecule has 6 atom stereocenters. The highest BCUT2D eigenvalue weighted by Gasteiger charge is 2.60. The molecule has 0 aliphatic carbocycles. The molecular formula is C36H39N7O13S. The summed E-state index contributed by atoms with van der Waals surface area (Å²) in [6.07, 6.45) is -1.23. The van der Waals surface area contributed by atoms with Crippen molar-refractivity contribution in [3.8, 4) is 0 Å². The van der Waals surface area contributed by atoms with E-state index in [2.05, 4.69) is 4.99 Å². The number of thioether (sulfide) groups is 1. The van der Waals surface area contributed by atoms with Crippen molar-refractivity contribution in [3.05, 3.63) is 90.5 Å². The van der Waals surface area contributed by atoms with E-state index in [4.69, 9.17) is 9.47 Å². The number of likely N-dealkylation sites (tertiary alicyclic amines) is 1. The molecule has 6 rings (SSSR count). The van der Waals surface area contributed by atoms with Gasteiger partial charge in [0.1, 0.15) is 25.0 Å². The molecule has 57 heavy (non-hydrogen) atoms. The molecule has 4 aliphatic rings. The standard InChI is InChI=1S/C36H39N7O13S/c1-20-29-28(21(2)44)33(46)41(29)30(34(47)48)31(20)57-26-15-27(40(16-26)36(50)56-18-23-5-9-25(10-6-23)43(53)54)32(45)39-13-11-38(12-14-39)19-37-35(49)55-17-22-3-7-24(8-4-22)42(51)52/h3-10,19-21,26-29,44H,11-18H2,1-2H3,(H,47,48)/t20-,21-,26?,27?,28-,29-/m1/s1. The number of nitro benzene ring substituents is 2. The lowest BCUT2D eigenvalue weighted by molar-refractivity contribution is -0.385. The molecule has 3 fully saturated rings. The van der Waals surface area contributed by atoms with Gasteiger partial charge >= 0.3 is 18.2 Å². The van der Waals surface area contributed by atoms with Gasteiger partial charge in [0.25, 0.3) is 11.4 Å². The summed E-state index contributed by atoms with van der Waals surface area (Å²) >= 11 is 1.19. The number of aliphatic imine (C=N–C) groups is 1. The monoisotopic (exact) mass is 809 g/mol. The molecule has 20 nitrogen and oxygen atoms in total. The fourth-order valence-electron chi connectivity index (χ4n) is 7.41. The highest BCUT2D eigenvalue weighted by molar-refractivity contribution is 8.03. The van der Waals surface area contributed by atoms with Crippen LogP contribution >= 0.6 is 11.8 Å². The molecule has 4 amide bonds. The van der Waals surface area contributed by atoms with Crippen LogP contribution in [0.25, 0.3) is 0 Å². The van der Waals surface area contributed by atoms with E-state index >= 15 is 0 Å². The van der Waals surface area contributed by atoms with E-state index in [1.165, 1.54) is 83.4 Å². The second-order valence-corrected chi connectivity index (χ2v) is 15.3. The minimum atomic E-state index is -1.30. The van der Waals surface area contributed by atoms with Crippen LogP contribution < -0.4 is 0 Å². The number of piperazine rings is 1. The summed E-state index contributed by atoms with van der Waals surface area (Å²) in [4.78, 5) is 96.1. The van der Waals surface area contributed by atoms with Gasteiger partial charge in [-0.2, -0.15) is 4.99 Å². The molecule has 302 valence electrons. The summed E-state index contributed by atoms with van der Waals surface area (Å²) in [5, 5.41) is 41.8. The number of amides is 4. The maximum absolute atomic E-state index is 14.1. The van der Waals surface area contributed by atoms with Crippen LogP contribution in [0.2, 0.25) is 0 Å². The SMILES string of the molecule is C[C@@H](O)[C@H]1C(=O)N2C(C(=O)O)=C(SC3CC(C(=O)N4CCN(C=NC(=O)OCc5ccc([N+](=O)[O-])cc5)CC4)N(C(=O)OCc4ccc([N+](=O)[O-])cc4)C3)[C@H](C)[C@H]12. The Morgan fingerprint density at radius 2 is 1.51 bits per heavy atom. The van der Waals surface area contributed by atoms with Gasteiger partial charge in [-0.15, -0.1) is 11.8 Å². The molecule has 3 saturated heterocycles. The van der Waals surface area contributed by atoms with Crippen LogP contribution in [-0.2, 0) is 37.1 Å². The molecule has 0 spiro atoms. The number of carboxylic acids is 1. The van der Waals surface area contributed by atoms with Gasteiger partial charge in [-0.3, -0.25) is 34.7 Å². The van der Waals surface area contributed by atoms with Gasteiger partial charge in [-0.05, 0) is 48.7 Å². The number of aliphatic carboxylic acids is 1. The quantitative estimate of drug-likeness (QED) is 0.103. The number of non-ortho nitro benzene ring substituents is 2. The number of nitrogens with zero attached hydrogens (tertiary/aromatic N) is 7. The van der Waals surface area contributed by atoms with Crippen molar-refractivity contribution in [2.75, 3.05) is 32.7 Å². The minimum absolute atomic E-state index is 0.0103. The molecule has 21 heteroatoms. The lowest BCUT2D eigenvalue weighted by Crippen LogP contribution is -2.63. The first-order valence-electron chi connectivity index (χ1n) is 17.9. The Hall–Kier alpha value is -6.09.